The molecule has 1 heterocycles. The first-order valence-electron chi connectivity index (χ1n) is 2.30. The molecular weight excluding hydrogens is 122 g/mol. The van der Waals surface area contributed by atoms with Crippen LogP contribution in [0.3, 0.4) is 0 Å². The number of rotatable bonds is 0. The Morgan fingerprint density at radius 1 is 1.44 bits per heavy atom. The first kappa shape index (κ1) is 7.71. The second kappa shape index (κ2) is 4.86. The minimum absolute atomic E-state index is 2.00. The molecular formula is C5H7NO3. The third kappa shape index (κ3) is 10.8. The van der Waals surface area contributed by atoms with Crippen molar-refractivity contribution in [2.24, 2.45) is 0 Å². The highest BCUT2D eigenvalue weighted by Crippen LogP contribution is 1.67. The van der Waals surface area contributed by atoms with Gasteiger partial charge in [-0.2, -0.15) is 0 Å². The minimum Gasteiger partial charge on any atom is -0.565 e. The Hall–Kier alpha value is -1.29. The van der Waals surface area contributed by atoms with Crippen LogP contribution in [0.1, 0.15) is 0 Å². The van der Waals surface area contributed by atoms with Crippen molar-refractivity contribution in [1.29, 1.82) is 0 Å². The Bertz CT molecular complexity index is 125. The van der Waals surface area contributed by atoms with E-state index in [1.165, 1.54) is 0 Å². The van der Waals surface area contributed by atoms with Crippen molar-refractivity contribution >= 4 is 6.16 Å². The lowest BCUT2D eigenvalue weighted by atomic mass is 10.6. The summed E-state index contributed by atoms with van der Waals surface area (Å²) in [5, 5.41) is 17.3. The lowest BCUT2D eigenvalue weighted by Gasteiger charge is -1.74. The van der Waals surface area contributed by atoms with Crippen LogP contribution in [0.5, 0.6) is 0 Å². The Labute approximate surface area is 52.1 Å². The molecule has 0 aromatic rings. The molecule has 0 radical (unpaired) electrons. The molecule has 1 aliphatic heterocycles. The van der Waals surface area contributed by atoms with Crippen molar-refractivity contribution in [2.75, 3.05) is 0 Å². The predicted octanol–water partition coefficient (Wildman–Crippen LogP) is -1.52. The summed E-state index contributed by atoms with van der Waals surface area (Å²) in [5.74, 6) is 0. The molecule has 4 nitrogen and oxygen atoms in total. The third-order valence-electron chi connectivity index (χ3n) is 0.556. The topological polar surface area (TPSA) is 77.0 Å². The molecule has 9 heavy (non-hydrogen) atoms. The van der Waals surface area contributed by atoms with Crippen LogP contribution in [0, 0.1) is 0 Å². The number of carbonyl (C=O) groups is 1. The largest absolute Gasteiger partial charge is 0.565 e. The maximum absolute atomic E-state index is 8.44. The number of hydrogen-bond donors (Lipinski definition) is 2. The molecule has 50 valence electrons. The maximum atomic E-state index is 8.44. The van der Waals surface area contributed by atoms with Gasteiger partial charge in [-0.05, 0) is 12.2 Å². The van der Waals surface area contributed by atoms with Gasteiger partial charge in [0.05, 0.1) is 12.4 Å². The van der Waals surface area contributed by atoms with E-state index in [-0.39, 0.29) is 0 Å². The van der Waals surface area contributed by atoms with Gasteiger partial charge in [0.1, 0.15) is 0 Å². The smallest absolute Gasteiger partial charge is 0.249 e. The molecule has 0 aliphatic carbocycles. The van der Waals surface area contributed by atoms with Crippen LogP contribution in [-0.4, -0.2) is 11.3 Å². The van der Waals surface area contributed by atoms with Gasteiger partial charge in [-0.3, -0.25) is 5.32 Å². The number of quaternary nitrogens is 1. The molecule has 3 N–H and O–H groups in total. The average molecular weight is 129 g/mol. The molecule has 0 bridgehead atoms. The maximum Gasteiger partial charge on any atom is 0.249 e. The monoisotopic (exact) mass is 129 g/mol. The van der Waals surface area contributed by atoms with E-state index in [1.54, 1.807) is 0 Å². The number of nitrogens with two attached hydrogens (primary N) is 1. The first-order valence-corrected chi connectivity index (χ1v) is 2.30. The molecule has 0 unspecified atom stereocenters. The molecule has 0 fully saturated rings. The Balaban J connectivity index is 0.000000148. The lowest BCUT2D eigenvalue weighted by Crippen LogP contribution is -2.69. The van der Waals surface area contributed by atoms with Gasteiger partial charge >= 0.3 is 0 Å². The van der Waals surface area contributed by atoms with Crippen LogP contribution < -0.4 is 10.4 Å². The fraction of sp³-hybridized carbons (Fsp3) is 0. The van der Waals surface area contributed by atoms with Crippen LogP contribution in [0.25, 0.3) is 0 Å². The van der Waals surface area contributed by atoms with Gasteiger partial charge in [0.2, 0.25) is 6.16 Å². The lowest BCUT2D eigenvalue weighted by molar-refractivity contribution is -0.510. The van der Waals surface area contributed by atoms with Crippen LogP contribution in [-0.2, 0) is 0 Å². The summed E-state index contributed by atoms with van der Waals surface area (Å²) in [5.41, 5.74) is 0. The molecule has 0 amide bonds. The summed E-state index contributed by atoms with van der Waals surface area (Å²) in [4.78, 5) is 8.44. The van der Waals surface area contributed by atoms with Gasteiger partial charge in [0.15, 0.2) is 0 Å². The van der Waals surface area contributed by atoms with E-state index in [1.807, 2.05) is 29.9 Å². The molecule has 0 saturated heterocycles. The van der Waals surface area contributed by atoms with Crippen molar-refractivity contribution in [3.8, 4) is 0 Å². The zero-order chi connectivity index (χ0) is 7.11. The highest BCUT2D eigenvalue weighted by Gasteiger charge is 1.75. The molecule has 1 aliphatic rings. The summed E-state index contributed by atoms with van der Waals surface area (Å²) in [6, 6.07) is 0. The highest BCUT2D eigenvalue weighted by atomic mass is 16.6. The van der Waals surface area contributed by atoms with E-state index in [2.05, 4.69) is 0 Å². The second-order valence-corrected chi connectivity index (χ2v) is 1.23. The van der Waals surface area contributed by atoms with E-state index < -0.39 is 6.16 Å². The van der Waals surface area contributed by atoms with Crippen molar-refractivity contribution in [1.82, 2.24) is 0 Å². The molecule has 4 heteroatoms. The normalized spacial score (nSPS) is 12.4. The van der Waals surface area contributed by atoms with Crippen molar-refractivity contribution in [3.05, 3.63) is 24.6 Å². The highest BCUT2D eigenvalue weighted by molar-refractivity contribution is 5.50. The van der Waals surface area contributed by atoms with Crippen LogP contribution >= 0.6 is 0 Å². The van der Waals surface area contributed by atoms with Gasteiger partial charge in [-0.25, -0.2) is 0 Å². The van der Waals surface area contributed by atoms with E-state index in [0.717, 1.165) is 0 Å². The molecule has 0 aromatic heterocycles. The molecule has 0 spiro atoms. The quantitative estimate of drug-likeness (QED) is 0.417. The summed E-state index contributed by atoms with van der Waals surface area (Å²) in [6.45, 7) is 0. The van der Waals surface area contributed by atoms with Crippen LogP contribution in [0.4, 0.5) is 4.79 Å². The van der Waals surface area contributed by atoms with Gasteiger partial charge < -0.3 is 15.0 Å². The number of hydrogen-bond acceptors (Lipinski definition) is 2. The van der Waals surface area contributed by atoms with Crippen molar-refractivity contribution in [3.63, 3.8) is 0 Å². The summed E-state index contributed by atoms with van der Waals surface area (Å²) in [7, 11) is 0. The Kier molecular flexibility index (Phi) is 4.16. The first-order chi connectivity index (χ1) is 4.23. The van der Waals surface area contributed by atoms with Gasteiger partial charge in [0, 0.05) is 0 Å². The number of carboxylic acid groups (broad SMARTS) is 2. The van der Waals surface area contributed by atoms with E-state index in [9.17, 15) is 0 Å². The Morgan fingerprint density at radius 3 is 1.89 bits per heavy atom. The van der Waals surface area contributed by atoms with E-state index in [0.29, 0.717) is 0 Å². The zero-order valence-electron chi connectivity index (χ0n) is 4.65. The minimum atomic E-state index is -2.08. The summed E-state index contributed by atoms with van der Waals surface area (Å²) < 4.78 is 0. The van der Waals surface area contributed by atoms with Gasteiger partial charge in [-0.1, -0.05) is 0 Å². The number of allylic oxidation sites excluding steroid dienone is 2. The molecule has 0 saturated carbocycles. The fourth-order valence-electron chi connectivity index (χ4n) is 0.321. The SMILES string of the molecule is C1=C[NH2+]C=C1.O=C([O-])O. The third-order valence-corrected chi connectivity index (χ3v) is 0.556. The molecule has 0 aromatic carbocycles. The van der Waals surface area contributed by atoms with Gasteiger partial charge in [0.25, 0.3) is 0 Å². The average Bonchev–Trinajstić information content (AvgIpc) is 2.11. The van der Waals surface area contributed by atoms with E-state index >= 15 is 0 Å². The fourth-order valence-corrected chi connectivity index (χ4v) is 0.321. The van der Waals surface area contributed by atoms with E-state index in [4.69, 9.17) is 15.0 Å². The van der Waals surface area contributed by atoms with Gasteiger partial charge in [-0.15, -0.1) is 0 Å². The van der Waals surface area contributed by atoms with Crippen molar-refractivity contribution < 1.29 is 20.3 Å². The standard InChI is InChI=1S/C4H5N.CH2O3/c1-2-4-5-3-1;2-1(3)4/h1-5H;(H2,2,3,4). The van der Waals surface area contributed by atoms with Crippen molar-refractivity contribution in [2.45, 2.75) is 0 Å². The second-order valence-electron chi connectivity index (χ2n) is 1.23. The Morgan fingerprint density at radius 2 is 1.78 bits per heavy atom. The predicted molar refractivity (Wildman–Crippen MR) is 28.2 cm³/mol. The summed E-state index contributed by atoms with van der Waals surface area (Å²) in [6.07, 6.45) is 5.92. The van der Waals surface area contributed by atoms with Crippen LogP contribution in [0.2, 0.25) is 0 Å². The van der Waals surface area contributed by atoms with Crippen LogP contribution in [0.15, 0.2) is 24.6 Å². The molecule has 0 atom stereocenters. The zero-order valence-corrected chi connectivity index (χ0v) is 4.65. The molecule has 1 rings (SSSR count). The summed E-state index contributed by atoms with van der Waals surface area (Å²) >= 11 is 0.